The molecular formula is C17H28ClN3. The normalized spacial score (nSPS) is 20.2. The number of halogens is 1. The molecule has 0 radical (unpaired) electrons. The molecule has 2 rings (SSSR count). The monoisotopic (exact) mass is 309 g/mol. The highest BCUT2D eigenvalue weighted by Crippen LogP contribution is 2.23. The molecule has 0 saturated carbocycles. The molecule has 0 bridgehead atoms. The SMILES string of the molecule is CCCNc1ccc(Cl)c(CN2CCCC(CC)CC2)n1. The van der Waals surface area contributed by atoms with E-state index in [1.165, 1.54) is 38.8 Å². The molecule has 4 heteroatoms. The van der Waals surface area contributed by atoms with Crippen LogP contribution in [0.2, 0.25) is 5.02 Å². The third-order valence-corrected chi connectivity index (χ3v) is 4.71. The van der Waals surface area contributed by atoms with E-state index in [-0.39, 0.29) is 0 Å². The van der Waals surface area contributed by atoms with Crippen molar-refractivity contribution in [3.63, 3.8) is 0 Å². The number of pyridine rings is 1. The van der Waals surface area contributed by atoms with Gasteiger partial charge in [0.05, 0.1) is 10.7 Å². The van der Waals surface area contributed by atoms with Crippen LogP contribution in [0, 0.1) is 5.92 Å². The molecular weight excluding hydrogens is 282 g/mol. The van der Waals surface area contributed by atoms with Gasteiger partial charge in [0, 0.05) is 13.1 Å². The Bertz CT molecular complexity index is 436. The number of nitrogens with zero attached hydrogens (tertiary/aromatic N) is 2. The van der Waals surface area contributed by atoms with Crippen molar-refractivity contribution in [1.82, 2.24) is 9.88 Å². The van der Waals surface area contributed by atoms with Gasteiger partial charge in [-0.1, -0.05) is 31.9 Å². The predicted octanol–water partition coefficient (Wildman–Crippen LogP) is 4.57. The first-order chi connectivity index (χ1) is 10.2. The van der Waals surface area contributed by atoms with Crippen molar-refractivity contribution in [3.8, 4) is 0 Å². The van der Waals surface area contributed by atoms with E-state index in [2.05, 4.69) is 29.0 Å². The van der Waals surface area contributed by atoms with Gasteiger partial charge < -0.3 is 5.32 Å². The Balaban J connectivity index is 1.97. The van der Waals surface area contributed by atoms with E-state index in [9.17, 15) is 0 Å². The Kier molecular flexibility index (Phi) is 6.78. The number of rotatable bonds is 6. The average molecular weight is 310 g/mol. The van der Waals surface area contributed by atoms with E-state index < -0.39 is 0 Å². The first-order valence-electron chi connectivity index (χ1n) is 8.34. The van der Waals surface area contributed by atoms with E-state index in [0.717, 1.165) is 42.0 Å². The van der Waals surface area contributed by atoms with Crippen LogP contribution in [0.15, 0.2) is 12.1 Å². The lowest BCUT2D eigenvalue weighted by molar-refractivity contribution is 0.269. The molecule has 0 aliphatic carbocycles. The Morgan fingerprint density at radius 1 is 1.29 bits per heavy atom. The van der Waals surface area contributed by atoms with Crippen molar-refractivity contribution in [2.24, 2.45) is 5.92 Å². The van der Waals surface area contributed by atoms with Gasteiger partial charge >= 0.3 is 0 Å². The second-order valence-electron chi connectivity index (χ2n) is 6.03. The minimum atomic E-state index is 0.785. The fraction of sp³-hybridized carbons (Fsp3) is 0.706. The van der Waals surface area contributed by atoms with Gasteiger partial charge in [-0.3, -0.25) is 4.90 Å². The fourth-order valence-corrected chi connectivity index (χ4v) is 3.11. The van der Waals surface area contributed by atoms with Crippen LogP contribution in [0.4, 0.5) is 5.82 Å². The summed E-state index contributed by atoms with van der Waals surface area (Å²) in [6.45, 7) is 8.63. The van der Waals surface area contributed by atoms with Crippen molar-refractivity contribution < 1.29 is 0 Å². The lowest BCUT2D eigenvalue weighted by atomic mass is 9.98. The number of hydrogen-bond acceptors (Lipinski definition) is 3. The van der Waals surface area contributed by atoms with Crippen LogP contribution in [0.25, 0.3) is 0 Å². The molecule has 0 amide bonds. The molecule has 1 aliphatic rings. The van der Waals surface area contributed by atoms with E-state index in [4.69, 9.17) is 11.6 Å². The third kappa shape index (κ3) is 5.15. The molecule has 118 valence electrons. The van der Waals surface area contributed by atoms with Gasteiger partial charge in [-0.2, -0.15) is 0 Å². The predicted molar refractivity (Wildman–Crippen MR) is 90.9 cm³/mol. The number of hydrogen-bond donors (Lipinski definition) is 1. The molecule has 1 fully saturated rings. The van der Waals surface area contributed by atoms with Crippen molar-refractivity contribution in [1.29, 1.82) is 0 Å². The summed E-state index contributed by atoms with van der Waals surface area (Å²) in [6.07, 6.45) is 6.38. The highest BCUT2D eigenvalue weighted by molar-refractivity contribution is 6.31. The molecule has 1 N–H and O–H groups in total. The van der Waals surface area contributed by atoms with Crippen LogP contribution in [0.5, 0.6) is 0 Å². The average Bonchev–Trinajstić information content (AvgIpc) is 2.73. The summed E-state index contributed by atoms with van der Waals surface area (Å²) in [5.41, 5.74) is 1.01. The van der Waals surface area contributed by atoms with Gasteiger partial charge in [0.2, 0.25) is 0 Å². The number of aromatic nitrogens is 1. The fourth-order valence-electron chi connectivity index (χ4n) is 2.95. The van der Waals surface area contributed by atoms with Gasteiger partial charge in [0.15, 0.2) is 0 Å². The second-order valence-corrected chi connectivity index (χ2v) is 6.44. The molecule has 21 heavy (non-hydrogen) atoms. The smallest absolute Gasteiger partial charge is 0.126 e. The van der Waals surface area contributed by atoms with E-state index >= 15 is 0 Å². The zero-order chi connectivity index (χ0) is 15.1. The Morgan fingerprint density at radius 2 is 2.14 bits per heavy atom. The van der Waals surface area contributed by atoms with Crippen molar-refractivity contribution in [3.05, 3.63) is 22.8 Å². The summed E-state index contributed by atoms with van der Waals surface area (Å²) in [5, 5.41) is 4.12. The Labute approximate surface area is 134 Å². The van der Waals surface area contributed by atoms with Crippen molar-refractivity contribution >= 4 is 17.4 Å². The highest BCUT2D eigenvalue weighted by atomic mass is 35.5. The summed E-state index contributed by atoms with van der Waals surface area (Å²) >= 11 is 6.33. The lowest BCUT2D eigenvalue weighted by Gasteiger charge is -2.20. The van der Waals surface area contributed by atoms with E-state index in [1.807, 2.05) is 12.1 Å². The lowest BCUT2D eigenvalue weighted by Crippen LogP contribution is -2.25. The van der Waals surface area contributed by atoms with Gasteiger partial charge in [-0.05, 0) is 56.8 Å². The number of nitrogens with one attached hydrogen (secondary N) is 1. The summed E-state index contributed by atoms with van der Waals surface area (Å²) < 4.78 is 0. The van der Waals surface area contributed by atoms with E-state index in [1.54, 1.807) is 0 Å². The van der Waals surface area contributed by atoms with Crippen LogP contribution in [-0.4, -0.2) is 29.5 Å². The molecule has 1 aromatic heterocycles. The molecule has 1 saturated heterocycles. The van der Waals surface area contributed by atoms with Crippen LogP contribution in [0.3, 0.4) is 0 Å². The molecule has 1 aliphatic heterocycles. The van der Waals surface area contributed by atoms with Gasteiger partial charge in [-0.15, -0.1) is 0 Å². The molecule has 0 spiro atoms. The number of anilines is 1. The van der Waals surface area contributed by atoms with Crippen molar-refractivity contribution in [2.45, 2.75) is 52.5 Å². The van der Waals surface area contributed by atoms with Gasteiger partial charge in [0.25, 0.3) is 0 Å². The van der Waals surface area contributed by atoms with Crippen molar-refractivity contribution in [2.75, 3.05) is 25.0 Å². The quantitative estimate of drug-likeness (QED) is 0.834. The summed E-state index contributed by atoms with van der Waals surface area (Å²) in [7, 11) is 0. The van der Waals surface area contributed by atoms with Crippen LogP contribution >= 0.6 is 11.6 Å². The molecule has 1 aromatic rings. The summed E-state index contributed by atoms with van der Waals surface area (Å²) in [5.74, 6) is 1.84. The maximum absolute atomic E-state index is 6.33. The Morgan fingerprint density at radius 3 is 2.90 bits per heavy atom. The molecule has 3 nitrogen and oxygen atoms in total. The maximum atomic E-state index is 6.33. The maximum Gasteiger partial charge on any atom is 0.126 e. The zero-order valence-electron chi connectivity index (χ0n) is 13.4. The first-order valence-corrected chi connectivity index (χ1v) is 8.72. The molecule has 1 atom stereocenters. The van der Waals surface area contributed by atoms with Crippen LogP contribution < -0.4 is 5.32 Å². The van der Waals surface area contributed by atoms with Gasteiger partial charge in [-0.25, -0.2) is 4.98 Å². The molecule has 2 heterocycles. The molecule has 1 unspecified atom stereocenters. The summed E-state index contributed by atoms with van der Waals surface area (Å²) in [6, 6.07) is 3.94. The van der Waals surface area contributed by atoms with Crippen LogP contribution in [0.1, 0.15) is 51.6 Å². The largest absolute Gasteiger partial charge is 0.370 e. The summed E-state index contributed by atoms with van der Waals surface area (Å²) in [4.78, 5) is 7.20. The number of likely N-dealkylation sites (tertiary alicyclic amines) is 1. The standard InChI is InChI=1S/C17H28ClN3/c1-3-10-19-17-8-7-15(18)16(20-17)13-21-11-5-6-14(4-2)9-12-21/h7-8,14H,3-6,9-13H2,1-2H3,(H,19,20). The molecule has 0 aromatic carbocycles. The third-order valence-electron chi connectivity index (χ3n) is 4.37. The minimum absolute atomic E-state index is 0.785. The van der Waals surface area contributed by atoms with E-state index in [0.29, 0.717) is 0 Å². The topological polar surface area (TPSA) is 28.2 Å². The highest BCUT2D eigenvalue weighted by Gasteiger charge is 2.17. The Hall–Kier alpha value is -0.800. The zero-order valence-corrected chi connectivity index (χ0v) is 14.1. The van der Waals surface area contributed by atoms with Crippen LogP contribution in [-0.2, 0) is 6.54 Å². The minimum Gasteiger partial charge on any atom is -0.370 e. The van der Waals surface area contributed by atoms with Gasteiger partial charge in [0.1, 0.15) is 5.82 Å². The second kappa shape index (κ2) is 8.60. The first kappa shape index (κ1) is 16.6.